The van der Waals surface area contributed by atoms with Crippen LogP contribution in [-0.2, 0) is 6.54 Å². The van der Waals surface area contributed by atoms with Gasteiger partial charge in [0.2, 0.25) is 0 Å². The first-order chi connectivity index (χ1) is 9.38. The Kier molecular flexibility index (Phi) is 3.51. The number of ether oxygens (including phenoxy) is 1. The summed E-state index contributed by atoms with van der Waals surface area (Å²) < 4.78 is 5.69. The molecular weight excluding hydrogens is 238 g/mol. The molecule has 1 aromatic heterocycles. The van der Waals surface area contributed by atoms with Crippen LogP contribution in [0.3, 0.4) is 0 Å². The molecule has 1 unspecified atom stereocenters. The Morgan fingerprint density at radius 2 is 2.32 bits per heavy atom. The number of rotatable bonds is 4. The van der Waals surface area contributed by atoms with Crippen molar-refractivity contribution in [3.63, 3.8) is 0 Å². The third-order valence-corrected chi connectivity index (χ3v) is 3.50. The Morgan fingerprint density at radius 1 is 1.42 bits per heavy atom. The molecule has 4 nitrogen and oxygen atoms in total. The molecule has 2 aromatic rings. The zero-order valence-corrected chi connectivity index (χ0v) is 11.1. The lowest BCUT2D eigenvalue weighted by Gasteiger charge is -2.24. The van der Waals surface area contributed by atoms with Gasteiger partial charge in [-0.3, -0.25) is 0 Å². The number of hydrogen-bond donors (Lipinski definition) is 2. The first-order valence-corrected chi connectivity index (χ1v) is 6.84. The number of imidazole rings is 1. The van der Waals surface area contributed by atoms with Crippen LogP contribution < -0.4 is 10.1 Å². The fourth-order valence-electron chi connectivity index (χ4n) is 2.53. The molecule has 1 aromatic carbocycles. The first kappa shape index (κ1) is 12.2. The molecule has 0 bridgehead atoms. The van der Waals surface area contributed by atoms with Crippen molar-refractivity contribution in [2.45, 2.75) is 25.8 Å². The van der Waals surface area contributed by atoms with Gasteiger partial charge >= 0.3 is 0 Å². The van der Waals surface area contributed by atoms with Crippen LogP contribution in [0.1, 0.15) is 36.3 Å². The summed E-state index contributed by atoms with van der Waals surface area (Å²) in [6.07, 6.45) is 2.90. The maximum absolute atomic E-state index is 5.69. The van der Waals surface area contributed by atoms with E-state index in [1.54, 1.807) is 0 Å². The summed E-state index contributed by atoms with van der Waals surface area (Å²) >= 11 is 0. The van der Waals surface area contributed by atoms with Crippen molar-refractivity contribution in [1.29, 1.82) is 0 Å². The van der Waals surface area contributed by atoms with Gasteiger partial charge in [0.15, 0.2) is 0 Å². The summed E-state index contributed by atoms with van der Waals surface area (Å²) in [5.74, 6) is 2.35. The third-order valence-electron chi connectivity index (χ3n) is 3.50. The summed E-state index contributed by atoms with van der Waals surface area (Å²) in [7, 11) is 0. The Bertz CT molecular complexity index is 550. The Morgan fingerprint density at radius 3 is 3.21 bits per heavy atom. The van der Waals surface area contributed by atoms with Crippen LogP contribution in [0.2, 0.25) is 0 Å². The quantitative estimate of drug-likeness (QED) is 0.884. The molecule has 1 aliphatic rings. The predicted molar refractivity (Wildman–Crippen MR) is 74.4 cm³/mol. The predicted octanol–water partition coefficient (Wildman–Crippen LogP) is 2.43. The number of benzene rings is 1. The Labute approximate surface area is 113 Å². The lowest BCUT2D eigenvalue weighted by atomic mass is 9.92. The van der Waals surface area contributed by atoms with Crippen LogP contribution in [0, 0.1) is 0 Å². The lowest BCUT2D eigenvalue weighted by molar-refractivity contribution is 0.274. The van der Waals surface area contributed by atoms with Gasteiger partial charge in [-0.15, -0.1) is 0 Å². The van der Waals surface area contributed by atoms with E-state index in [1.807, 2.05) is 18.3 Å². The van der Waals surface area contributed by atoms with Gasteiger partial charge in [-0.25, -0.2) is 4.98 Å². The van der Waals surface area contributed by atoms with Crippen molar-refractivity contribution < 1.29 is 4.74 Å². The fourth-order valence-corrected chi connectivity index (χ4v) is 2.53. The highest BCUT2D eigenvalue weighted by molar-refractivity contribution is 5.40. The average molecular weight is 257 g/mol. The second kappa shape index (κ2) is 5.45. The Balaban J connectivity index is 1.85. The summed E-state index contributed by atoms with van der Waals surface area (Å²) in [5.41, 5.74) is 2.37. The van der Waals surface area contributed by atoms with Gasteiger partial charge in [0.05, 0.1) is 6.61 Å². The molecule has 3 rings (SSSR count). The van der Waals surface area contributed by atoms with Crippen molar-refractivity contribution in [2.75, 3.05) is 13.2 Å². The van der Waals surface area contributed by atoms with Crippen molar-refractivity contribution in [2.24, 2.45) is 0 Å². The van der Waals surface area contributed by atoms with Gasteiger partial charge < -0.3 is 15.0 Å². The highest BCUT2D eigenvalue weighted by atomic mass is 16.5. The van der Waals surface area contributed by atoms with Gasteiger partial charge in [-0.1, -0.05) is 25.1 Å². The molecule has 2 heterocycles. The molecule has 0 aliphatic carbocycles. The normalized spacial score (nSPS) is 17.8. The SMILES string of the molecule is CCNCc1cnc(C2CCOc3ccccc32)[nH]1. The third kappa shape index (κ3) is 2.49. The number of aromatic amines is 1. The molecule has 0 saturated heterocycles. The standard InChI is InChI=1S/C15H19N3O/c1-2-16-9-11-10-17-15(18-11)13-7-8-19-14-6-4-3-5-12(13)14/h3-6,10,13,16H,2,7-9H2,1H3,(H,17,18). The second-order valence-electron chi connectivity index (χ2n) is 4.80. The molecule has 4 heteroatoms. The fraction of sp³-hybridized carbons (Fsp3) is 0.400. The van der Waals surface area contributed by atoms with Gasteiger partial charge in [-0.2, -0.15) is 0 Å². The van der Waals surface area contributed by atoms with E-state index < -0.39 is 0 Å². The number of aromatic nitrogens is 2. The largest absolute Gasteiger partial charge is 0.493 e. The van der Waals surface area contributed by atoms with E-state index in [0.29, 0.717) is 5.92 Å². The smallest absolute Gasteiger partial charge is 0.123 e. The first-order valence-electron chi connectivity index (χ1n) is 6.84. The highest BCUT2D eigenvalue weighted by Crippen LogP contribution is 2.36. The molecule has 0 saturated carbocycles. The molecule has 0 radical (unpaired) electrons. The number of para-hydroxylation sites is 1. The van der Waals surface area contributed by atoms with Crippen LogP contribution in [0.4, 0.5) is 0 Å². The molecular formula is C15H19N3O. The molecule has 2 N–H and O–H groups in total. The number of nitrogens with zero attached hydrogens (tertiary/aromatic N) is 1. The van der Waals surface area contributed by atoms with E-state index in [2.05, 4.69) is 34.3 Å². The van der Waals surface area contributed by atoms with E-state index in [-0.39, 0.29) is 0 Å². The van der Waals surface area contributed by atoms with Crippen LogP contribution >= 0.6 is 0 Å². The van der Waals surface area contributed by atoms with Gasteiger partial charge in [0.25, 0.3) is 0 Å². The maximum atomic E-state index is 5.69. The van der Waals surface area contributed by atoms with Gasteiger partial charge in [0, 0.05) is 29.9 Å². The monoisotopic (exact) mass is 257 g/mol. The van der Waals surface area contributed by atoms with E-state index in [4.69, 9.17) is 4.74 Å². The van der Waals surface area contributed by atoms with E-state index in [0.717, 1.165) is 43.4 Å². The topological polar surface area (TPSA) is 49.9 Å². The minimum atomic E-state index is 0.320. The van der Waals surface area contributed by atoms with Crippen molar-refractivity contribution >= 4 is 0 Å². The molecule has 0 spiro atoms. The van der Waals surface area contributed by atoms with Gasteiger partial charge in [0.1, 0.15) is 11.6 Å². The van der Waals surface area contributed by atoms with E-state index >= 15 is 0 Å². The van der Waals surface area contributed by atoms with Crippen LogP contribution in [0.5, 0.6) is 5.75 Å². The highest BCUT2D eigenvalue weighted by Gasteiger charge is 2.24. The maximum Gasteiger partial charge on any atom is 0.123 e. The number of H-pyrrole nitrogens is 1. The number of hydrogen-bond acceptors (Lipinski definition) is 3. The summed E-state index contributed by atoms with van der Waals surface area (Å²) in [6, 6.07) is 8.23. The number of nitrogens with one attached hydrogen (secondary N) is 2. The molecule has 0 fully saturated rings. The average Bonchev–Trinajstić information content (AvgIpc) is 2.93. The summed E-state index contributed by atoms with van der Waals surface area (Å²) in [4.78, 5) is 7.97. The molecule has 100 valence electrons. The van der Waals surface area contributed by atoms with Crippen LogP contribution in [0.15, 0.2) is 30.5 Å². The molecule has 0 amide bonds. The molecule has 19 heavy (non-hydrogen) atoms. The van der Waals surface area contributed by atoms with E-state index in [9.17, 15) is 0 Å². The second-order valence-corrected chi connectivity index (χ2v) is 4.80. The zero-order valence-electron chi connectivity index (χ0n) is 11.1. The van der Waals surface area contributed by atoms with Gasteiger partial charge in [-0.05, 0) is 19.0 Å². The van der Waals surface area contributed by atoms with Crippen molar-refractivity contribution in [3.05, 3.63) is 47.5 Å². The minimum Gasteiger partial charge on any atom is -0.493 e. The van der Waals surface area contributed by atoms with Crippen LogP contribution in [0.25, 0.3) is 0 Å². The molecule has 1 aliphatic heterocycles. The summed E-state index contributed by atoms with van der Waals surface area (Å²) in [6.45, 7) is 4.67. The van der Waals surface area contributed by atoms with Crippen molar-refractivity contribution in [1.82, 2.24) is 15.3 Å². The van der Waals surface area contributed by atoms with Crippen LogP contribution in [-0.4, -0.2) is 23.1 Å². The van der Waals surface area contributed by atoms with E-state index in [1.165, 1.54) is 5.56 Å². The molecule has 1 atom stereocenters. The lowest BCUT2D eigenvalue weighted by Crippen LogP contribution is -2.16. The minimum absolute atomic E-state index is 0.320. The Hall–Kier alpha value is -1.81. The summed E-state index contributed by atoms with van der Waals surface area (Å²) in [5, 5.41) is 3.30. The van der Waals surface area contributed by atoms with Crippen molar-refractivity contribution in [3.8, 4) is 5.75 Å². The number of fused-ring (bicyclic) bond motifs is 1. The zero-order chi connectivity index (χ0) is 13.1.